The van der Waals surface area contributed by atoms with Crippen LogP contribution in [0.15, 0.2) is 48.5 Å². The van der Waals surface area contributed by atoms with Crippen LogP contribution in [0, 0.1) is 0 Å². The molecule has 0 aliphatic rings. The second kappa shape index (κ2) is 9.80. The molecule has 0 saturated heterocycles. The van der Waals surface area contributed by atoms with Gasteiger partial charge in [0.15, 0.2) is 5.82 Å². The Morgan fingerprint density at radius 1 is 1.10 bits per heavy atom. The number of aromatic nitrogens is 3. The molecule has 1 amide bonds. The molecule has 0 saturated carbocycles. The van der Waals surface area contributed by atoms with Gasteiger partial charge in [0.1, 0.15) is 12.5 Å². The number of hydrogen-bond acceptors (Lipinski definition) is 5. The second-order valence-electron chi connectivity index (χ2n) is 6.27. The van der Waals surface area contributed by atoms with Crippen molar-refractivity contribution >= 4 is 23.2 Å². The number of ether oxygens (including phenoxy) is 2. The van der Waals surface area contributed by atoms with E-state index in [1.807, 2.05) is 0 Å². The molecule has 0 fully saturated rings. The standard InChI is InChI=1S/C20H18ClF3N4O3/c1-30-10-11-31-19-26-18(13-2-4-14(5-3-13)20(22,23)24)28(27-19)16-8-6-15(7-9-16)25-17(29)12-21/h2-9H,10-12H2,1H3,(H,25,29). The lowest BCUT2D eigenvalue weighted by Crippen LogP contribution is -2.12. The second-order valence-corrected chi connectivity index (χ2v) is 6.54. The van der Waals surface area contributed by atoms with E-state index in [4.69, 9.17) is 21.1 Å². The highest BCUT2D eigenvalue weighted by Crippen LogP contribution is 2.31. The Bertz CT molecular complexity index is 1020. The highest BCUT2D eigenvalue weighted by molar-refractivity contribution is 6.29. The summed E-state index contributed by atoms with van der Waals surface area (Å²) in [7, 11) is 1.52. The van der Waals surface area contributed by atoms with Crippen LogP contribution in [0.25, 0.3) is 17.1 Å². The summed E-state index contributed by atoms with van der Waals surface area (Å²) in [6, 6.07) is 11.3. The van der Waals surface area contributed by atoms with Crippen molar-refractivity contribution in [3.8, 4) is 23.1 Å². The number of rotatable bonds is 8. The van der Waals surface area contributed by atoms with E-state index in [0.717, 1.165) is 12.1 Å². The van der Waals surface area contributed by atoms with Gasteiger partial charge in [0.2, 0.25) is 5.91 Å². The van der Waals surface area contributed by atoms with Crippen molar-refractivity contribution in [2.24, 2.45) is 0 Å². The monoisotopic (exact) mass is 454 g/mol. The van der Waals surface area contributed by atoms with Gasteiger partial charge in [-0.15, -0.1) is 16.7 Å². The van der Waals surface area contributed by atoms with E-state index in [1.165, 1.54) is 23.9 Å². The summed E-state index contributed by atoms with van der Waals surface area (Å²) in [5.41, 5.74) is 0.745. The third-order valence-electron chi connectivity index (χ3n) is 4.09. The number of methoxy groups -OCH3 is 1. The maximum absolute atomic E-state index is 12.9. The number of alkyl halides is 4. The van der Waals surface area contributed by atoms with E-state index in [2.05, 4.69) is 15.4 Å². The molecule has 0 atom stereocenters. The number of nitrogens with one attached hydrogen (secondary N) is 1. The first-order valence-electron chi connectivity index (χ1n) is 9.04. The first-order valence-corrected chi connectivity index (χ1v) is 9.58. The van der Waals surface area contributed by atoms with Gasteiger partial charge in [-0.1, -0.05) is 12.1 Å². The van der Waals surface area contributed by atoms with Gasteiger partial charge in [-0.2, -0.15) is 18.2 Å². The van der Waals surface area contributed by atoms with Crippen LogP contribution in [0.1, 0.15) is 5.56 Å². The number of benzene rings is 2. The molecule has 0 spiro atoms. The minimum atomic E-state index is -4.44. The van der Waals surface area contributed by atoms with Crippen LogP contribution >= 0.6 is 11.6 Å². The number of carbonyl (C=O) groups excluding carboxylic acids is 1. The molecule has 0 radical (unpaired) electrons. The average Bonchev–Trinajstić information content (AvgIpc) is 3.18. The summed E-state index contributed by atoms with van der Waals surface area (Å²) in [4.78, 5) is 15.7. The third-order valence-corrected chi connectivity index (χ3v) is 4.34. The van der Waals surface area contributed by atoms with Crippen LogP contribution in [0.3, 0.4) is 0 Å². The maximum atomic E-state index is 12.9. The number of carbonyl (C=O) groups is 1. The molecule has 11 heteroatoms. The Labute approximate surface area is 180 Å². The Morgan fingerprint density at radius 2 is 1.77 bits per heavy atom. The zero-order valence-electron chi connectivity index (χ0n) is 16.3. The van der Waals surface area contributed by atoms with Gasteiger partial charge >= 0.3 is 12.2 Å². The molecule has 1 heterocycles. The zero-order chi connectivity index (χ0) is 22.4. The summed E-state index contributed by atoms with van der Waals surface area (Å²) in [6.07, 6.45) is -4.44. The van der Waals surface area contributed by atoms with Crippen LogP contribution in [-0.4, -0.2) is 46.9 Å². The minimum Gasteiger partial charge on any atom is -0.460 e. The number of amides is 1. The van der Waals surface area contributed by atoms with E-state index in [0.29, 0.717) is 29.4 Å². The Kier molecular flexibility index (Phi) is 7.13. The van der Waals surface area contributed by atoms with E-state index >= 15 is 0 Å². The SMILES string of the molecule is COCCOc1nc(-c2ccc(C(F)(F)F)cc2)n(-c2ccc(NC(=O)CCl)cc2)n1. The van der Waals surface area contributed by atoms with Gasteiger partial charge in [0, 0.05) is 18.4 Å². The van der Waals surface area contributed by atoms with Crippen molar-refractivity contribution in [1.82, 2.24) is 14.8 Å². The average molecular weight is 455 g/mol. The first-order chi connectivity index (χ1) is 14.8. The van der Waals surface area contributed by atoms with E-state index in [1.54, 1.807) is 24.3 Å². The topological polar surface area (TPSA) is 78.3 Å². The van der Waals surface area contributed by atoms with Crippen molar-refractivity contribution in [3.05, 3.63) is 54.1 Å². The van der Waals surface area contributed by atoms with Crippen LogP contribution < -0.4 is 10.1 Å². The third kappa shape index (κ3) is 5.74. The zero-order valence-corrected chi connectivity index (χ0v) is 17.1. The van der Waals surface area contributed by atoms with Gasteiger partial charge in [0.25, 0.3) is 0 Å². The lowest BCUT2D eigenvalue weighted by Gasteiger charge is -2.09. The molecule has 2 aromatic carbocycles. The molecule has 0 aliphatic heterocycles. The molecule has 0 unspecified atom stereocenters. The summed E-state index contributed by atoms with van der Waals surface area (Å²) in [5.74, 6) is -0.237. The van der Waals surface area contributed by atoms with Crippen molar-refractivity contribution in [1.29, 1.82) is 0 Å². The number of halogens is 4. The lowest BCUT2D eigenvalue weighted by molar-refractivity contribution is -0.137. The van der Waals surface area contributed by atoms with Gasteiger partial charge in [-0.3, -0.25) is 4.79 Å². The highest BCUT2D eigenvalue weighted by atomic mass is 35.5. The lowest BCUT2D eigenvalue weighted by atomic mass is 10.1. The first kappa shape index (κ1) is 22.6. The van der Waals surface area contributed by atoms with Crippen molar-refractivity contribution in [3.63, 3.8) is 0 Å². The Hall–Kier alpha value is -3.11. The number of anilines is 1. The van der Waals surface area contributed by atoms with Gasteiger partial charge in [-0.05, 0) is 36.4 Å². The summed E-state index contributed by atoms with van der Waals surface area (Å²) >= 11 is 5.48. The molecular weight excluding hydrogens is 437 g/mol. The van der Waals surface area contributed by atoms with Gasteiger partial charge < -0.3 is 14.8 Å². The molecule has 31 heavy (non-hydrogen) atoms. The van der Waals surface area contributed by atoms with Crippen molar-refractivity contribution in [2.45, 2.75) is 6.18 Å². The molecule has 7 nitrogen and oxygen atoms in total. The van der Waals surface area contributed by atoms with Crippen molar-refractivity contribution < 1.29 is 27.4 Å². The molecule has 1 aromatic heterocycles. The van der Waals surface area contributed by atoms with E-state index in [-0.39, 0.29) is 24.4 Å². The molecule has 3 rings (SSSR count). The summed E-state index contributed by atoms with van der Waals surface area (Å²) in [5, 5.41) is 6.92. The highest BCUT2D eigenvalue weighted by Gasteiger charge is 2.30. The van der Waals surface area contributed by atoms with E-state index < -0.39 is 11.7 Å². The Morgan fingerprint density at radius 3 is 2.35 bits per heavy atom. The molecule has 1 N–H and O–H groups in total. The molecule has 0 bridgehead atoms. The van der Waals surface area contributed by atoms with Crippen LogP contribution in [0.5, 0.6) is 6.01 Å². The van der Waals surface area contributed by atoms with Gasteiger partial charge in [-0.25, -0.2) is 4.68 Å². The molecule has 3 aromatic rings. The normalized spacial score (nSPS) is 11.4. The van der Waals surface area contributed by atoms with Crippen LogP contribution in [0.4, 0.5) is 18.9 Å². The van der Waals surface area contributed by atoms with Crippen molar-refractivity contribution in [2.75, 3.05) is 31.5 Å². The summed E-state index contributed by atoms with van der Waals surface area (Å²) in [6.45, 7) is 0.523. The summed E-state index contributed by atoms with van der Waals surface area (Å²) < 4.78 is 50.5. The molecule has 0 aliphatic carbocycles. The fourth-order valence-corrected chi connectivity index (χ4v) is 2.69. The fourth-order valence-electron chi connectivity index (χ4n) is 2.63. The quantitative estimate of drug-likeness (QED) is 0.408. The number of nitrogens with zero attached hydrogens (tertiary/aromatic N) is 3. The van der Waals surface area contributed by atoms with Crippen LogP contribution in [-0.2, 0) is 15.7 Å². The minimum absolute atomic E-state index is 0.0477. The Balaban J connectivity index is 1.95. The fraction of sp³-hybridized carbons (Fsp3) is 0.250. The predicted octanol–water partition coefficient (Wildman–Crippen LogP) is 4.16. The number of hydrogen-bond donors (Lipinski definition) is 1. The van der Waals surface area contributed by atoms with E-state index in [9.17, 15) is 18.0 Å². The molecule has 164 valence electrons. The van der Waals surface area contributed by atoms with Gasteiger partial charge in [0.05, 0.1) is 17.9 Å². The largest absolute Gasteiger partial charge is 0.460 e. The smallest absolute Gasteiger partial charge is 0.416 e. The van der Waals surface area contributed by atoms with Crippen LogP contribution in [0.2, 0.25) is 0 Å². The predicted molar refractivity (Wildman–Crippen MR) is 109 cm³/mol. The molecular formula is C20H18ClF3N4O3. The maximum Gasteiger partial charge on any atom is 0.416 e.